The van der Waals surface area contributed by atoms with Crippen LogP contribution in [0.25, 0.3) is 0 Å². The van der Waals surface area contributed by atoms with Crippen LogP contribution in [0.15, 0.2) is 32.1 Å². The summed E-state index contributed by atoms with van der Waals surface area (Å²) in [5.74, 6) is 1.85. The average Bonchev–Trinajstić information content (AvgIpc) is 2.93. The first-order valence-electron chi connectivity index (χ1n) is 7.10. The van der Waals surface area contributed by atoms with Crippen molar-refractivity contribution in [1.29, 1.82) is 0 Å². The second-order valence-electron chi connectivity index (χ2n) is 5.37. The van der Waals surface area contributed by atoms with E-state index in [4.69, 9.17) is 9.73 Å². The summed E-state index contributed by atoms with van der Waals surface area (Å²) in [6.45, 7) is 1.82. The number of nitrogens with one attached hydrogen (secondary N) is 1. The van der Waals surface area contributed by atoms with Crippen molar-refractivity contribution >= 4 is 43.4 Å². The van der Waals surface area contributed by atoms with E-state index in [1.54, 1.807) is 0 Å². The molecule has 20 heavy (non-hydrogen) atoms. The number of rotatable bonds is 2. The molecule has 3 nitrogen and oxygen atoms in total. The number of hydrogen-bond acceptors (Lipinski definition) is 2. The van der Waals surface area contributed by atoms with Crippen molar-refractivity contribution in [3.05, 3.63) is 27.1 Å². The van der Waals surface area contributed by atoms with Crippen LogP contribution in [0.5, 0.6) is 0 Å². The molecule has 0 bridgehead atoms. The molecule has 1 N–H and O–H groups in total. The van der Waals surface area contributed by atoms with Crippen LogP contribution in [0.1, 0.15) is 25.7 Å². The van der Waals surface area contributed by atoms with Crippen LogP contribution in [0, 0.1) is 5.92 Å². The maximum atomic E-state index is 5.44. The first-order valence-corrected chi connectivity index (χ1v) is 8.68. The van der Waals surface area contributed by atoms with Crippen molar-refractivity contribution in [3.63, 3.8) is 0 Å². The normalized spacial score (nSPS) is 25.9. The van der Waals surface area contributed by atoms with E-state index in [9.17, 15) is 0 Å². The fraction of sp³-hybridized carbons (Fsp3) is 0.533. The minimum absolute atomic E-state index is 0.573. The topological polar surface area (TPSA) is 33.6 Å². The van der Waals surface area contributed by atoms with E-state index in [-0.39, 0.29) is 0 Å². The Bertz CT molecular complexity index is 513. The Morgan fingerprint density at radius 3 is 2.75 bits per heavy atom. The van der Waals surface area contributed by atoms with E-state index < -0.39 is 0 Å². The van der Waals surface area contributed by atoms with Gasteiger partial charge < -0.3 is 10.1 Å². The van der Waals surface area contributed by atoms with Gasteiger partial charge in [0.1, 0.15) is 5.84 Å². The molecule has 2 aliphatic heterocycles. The van der Waals surface area contributed by atoms with E-state index in [1.165, 1.54) is 19.3 Å². The van der Waals surface area contributed by atoms with Crippen molar-refractivity contribution in [2.75, 3.05) is 13.2 Å². The van der Waals surface area contributed by atoms with E-state index in [0.717, 1.165) is 46.0 Å². The second kappa shape index (κ2) is 6.58. The molecule has 2 saturated heterocycles. The molecule has 0 aromatic heterocycles. The van der Waals surface area contributed by atoms with Crippen LogP contribution in [0.2, 0.25) is 0 Å². The van der Waals surface area contributed by atoms with Gasteiger partial charge in [-0.3, -0.25) is 0 Å². The number of halogens is 2. The largest absolute Gasteiger partial charge is 0.381 e. The Hall–Kier alpha value is -0.390. The summed E-state index contributed by atoms with van der Waals surface area (Å²) in [5.41, 5.74) is 0.981. The Kier molecular flexibility index (Phi) is 4.79. The highest BCUT2D eigenvalue weighted by atomic mass is 79.9. The zero-order chi connectivity index (χ0) is 13.9. The molecule has 1 aromatic carbocycles. The Morgan fingerprint density at radius 1 is 1.15 bits per heavy atom. The highest BCUT2D eigenvalue weighted by Crippen LogP contribution is 2.33. The van der Waals surface area contributed by atoms with Gasteiger partial charge in [-0.2, -0.15) is 0 Å². The maximum absolute atomic E-state index is 5.44. The van der Waals surface area contributed by atoms with Crippen LogP contribution in [-0.4, -0.2) is 25.1 Å². The monoisotopic (exact) mass is 400 g/mol. The number of hydrogen-bond donors (Lipinski definition) is 1. The summed E-state index contributed by atoms with van der Waals surface area (Å²) >= 11 is 7.10. The Labute approximate surface area is 136 Å². The summed E-state index contributed by atoms with van der Waals surface area (Å²) in [6, 6.07) is 6.63. The lowest BCUT2D eigenvalue weighted by Crippen LogP contribution is -2.36. The van der Waals surface area contributed by atoms with Gasteiger partial charge in [0.25, 0.3) is 0 Å². The zero-order valence-corrected chi connectivity index (χ0v) is 14.4. The van der Waals surface area contributed by atoms with Crippen molar-refractivity contribution in [2.24, 2.45) is 10.9 Å². The average molecular weight is 402 g/mol. The van der Waals surface area contributed by atoms with Crippen molar-refractivity contribution in [2.45, 2.75) is 31.7 Å². The summed E-state index contributed by atoms with van der Waals surface area (Å²) in [7, 11) is 0. The number of ether oxygens (including phenoxy) is 1. The first-order chi connectivity index (χ1) is 9.74. The molecule has 3 rings (SSSR count). The molecule has 1 unspecified atom stereocenters. The molecular formula is C15H18Br2N2O. The van der Waals surface area contributed by atoms with Gasteiger partial charge in [-0.1, -0.05) is 6.07 Å². The van der Waals surface area contributed by atoms with Crippen LogP contribution in [0.4, 0.5) is 5.69 Å². The third kappa shape index (κ3) is 3.26. The van der Waals surface area contributed by atoms with E-state index in [1.807, 2.05) is 18.2 Å². The van der Waals surface area contributed by atoms with Gasteiger partial charge in [-0.05, 0) is 69.2 Å². The van der Waals surface area contributed by atoms with E-state index in [2.05, 4.69) is 37.2 Å². The van der Waals surface area contributed by atoms with Gasteiger partial charge >= 0.3 is 0 Å². The van der Waals surface area contributed by atoms with Gasteiger partial charge in [-0.15, -0.1) is 0 Å². The lowest BCUT2D eigenvalue weighted by atomic mass is 9.91. The van der Waals surface area contributed by atoms with Gasteiger partial charge in [-0.25, -0.2) is 4.99 Å². The SMILES string of the molecule is Brc1cccc(N=C2CCC(C3CCOCC3)N2)c1Br. The quantitative estimate of drug-likeness (QED) is 0.795. The van der Waals surface area contributed by atoms with Crippen molar-refractivity contribution < 1.29 is 4.74 Å². The molecule has 2 aliphatic rings. The molecule has 2 fully saturated rings. The zero-order valence-electron chi connectivity index (χ0n) is 11.2. The predicted molar refractivity (Wildman–Crippen MR) is 88.6 cm³/mol. The standard InChI is InChI=1S/C15H18Br2N2O/c16-11-2-1-3-13(15(11)17)19-14-5-4-12(18-14)10-6-8-20-9-7-10/h1-3,10,12H,4-9H2,(H,18,19). The van der Waals surface area contributed by atoms with Gasteiger partial charge in [0.2, 0.25) is 0 Å². The third-order valence-electron chi connectivity index (χ3n) is 4.07. The van der Waals surface area contributed by atoms with Crippen molar-refractivity contribution in [1.82, 2.24) is 5.32 Å². The molecule has 0 amide bonds. The molecule has 0 aliphatic carbocycles. The number of nitrogens with zero attached hydrogens (tertiary/aromatic N) is 1. The molecule has 2 heterocycles. The second-order valence-corrected chi connectivity index (χ2v) is 7.02. The third-order valence-corrected chi connectivity index (χ3v) is 6.09. The Balaban J connectivity index is 1.70. The highest BCUT2D eigenvalue weighted by Gasteiger charge is 2.29. The van der Waals surface area contributed by atoms with Crippen LogP contribution >= 0.6 is 31.9 Å². The van der Waals surface area contributed by atoms with Crippen LogP contribution in [0.3, 0.4) is 0 Å². The minimum atomic E-state index is 0.573. The summed E-state index contributed by atoms with van der Waals surface area (Å²) in [5, 5.41) is 3.61. The fourth-order valence-corrected chi connectivity index (χ4v) is 3.64. The molecule has 0 spiro atoms. The molecule has 5 heteroatoms. The lowest BCUT2D eigenvalue weighted by Gasteiger charge is -2.27. The molecule has 0 radical (unpaired) electrons. The molecule has 1 aromatic rings. The molecule has 1 atom stereocenters. The van der Waals surface area contributed by atoms with Crippen LogP contribution < -0.4 is 5.32 Å². The minimum Gasteiger partial charge on any atom is -0.381 e. The summed E-state index contributed by atoms with van der Waals surface area (Å²) in [4.78, 5) is 4.76. The highest BCUT2D eigenvalue weighted by molar-refractivity contribution is 9.13. The Morgan fingerprint density at radius 2 is 1.95 bits per heavy atom. The lowest BCUT2D eigenvalue weighted by molar-refractivity contribution is 0.0569. The van der Waals surface area contributed by atoms with Gasteiger partial charge in [0.15, 0.2) is 0 Å². The predicted octanol–water partition coefficient (Wildman–Crippen LogP) is 4.42. The van der Waals surface area contributed by atoms with Crippen molar-refractivity contribution in [3.8, 4) is 0 Å². The summed E-state index contributed by atoms with van der Waals surface area (Å²) < 4.78 is 7.50. The van der Waals surface area contributed by atoms with Gasteiger partial charge in [0.05, 0.1) is 10.2 Å². The van der Waals surface area contributed by atoms with Crippen LogP contribution in [-0.2, 0) is 4.74 Å². The van der Waals surface area contributed by atoms with E-state index in [0.29, 0.717) is 6.04 Å². The maximum Gasteiger partial charge on any atom is 0.103 e. The molecule has 108 valence electrons. The first kappa shape index (κ1) is 14.5. The van der Waals surface area contributed by atoms with Gasteiger partial charge in [0, 0.05) is 30.1 Å². The molecule has 0 saturated carbocycles. The van der Waals surface area contributed by atoms with E-state index >= 15 is 0 Å². The molecular weight excluding hydrogens is 384 g/mol. The number of benzene rings is 1. The number of aliphatic imine (C=N–C) groups is 1. The number of amidine groups is 1. The fourth-order valence-electron chi connectivity index (χ4n) is 2.93. The summed E-state index contributed by atoms with van der Waals surface area (Å²) in [6.07, 6.45) is 4.58. The smallest absolute Gasteiger partial charge is 0.103 e.